The minimum absolute atomic E-state index is 0.659. The minimum atomic E-state index is 0.659. The molecule has 1 aliphatic carbocycles. The first kappa shape index (κ1) is 13.2. The van der Waals surface area contributed by atoms with Gasteiger partial charge in [-0.3, -0.25) is 0 Å². The summed E-state index contributed by atoms with van der Waals surface area (Å²) in [4.78, 5) is 0. The number of unbranched alkanes of at least 4 members (excludes halogenated alkanes) is 3. The third-order valence-electron chi connectivity index (χ3n) is 2.59. The van der Waals surface area contributed by atoms with E-state index in [9.17, 15) is 0 Å². The zero-order valence-electron chi connectivity index (χ0n) is 9.64. The Kier molecular flexibility index (Phi) is 10.4. The van der Waals surface area contributed by atoms with E-state index in [0.29, 0.717) is 6.10 Å². The van der Waals surface area contributed by atoms with Gasteiger partial charge in [-0.1, -0.05) is 52.4 Å². The quantitative estimate of drug-likeness (QED) is 0.503. The second-order valence-electron chi connectivity index (χ2n) is 3.85. The van der Waals surface area contributed by atoms with E-state index in [2.05, 4.69) is 13.8 Å². The molecule has 0 N–H and O–H groups in total. The normalized spacial score (nSPS) is 17.1. The number of hydrogen-bond acceptors (Lipinski definition) is 1. The van der Waals surface area contributed by atoms with Crippen LogP contribution >= 0.6 is 0 Å². The van der Waals surface area contributed by atoms with E-state index in [-0.39, 0.29) is 0 Å². The Labute approximate surface area is 86.8 Å². The van der Waals surface area contributed by atoms with Crippen LogP contribution < -0.4 is 0 Å². The van der Waals surface area contributed by atoms with E-state index >= 15 is 0 Å². The lowest BCUT2D eigenvalue weighted by molar-refractivity contribution is 0.231. The summed E-state index contributed by atoms with van der Waals surface area (Å²) in [6, 6.07) is 0. The van der Waals surface area contributed by atoms with Gasteiger partial charge in [0.2, 0.25) is 0 Å². The second-order valence-corrected chi connectivity index (χ2v) is 4.32. The van der Waals surface area contributed by atoms with Crippen molar-refractivity contribution in [2.45, 2.75) is 71.3 Å². The topological polar surface area (TPSA) is 9.23 Å². The van der Waals surface area contributed by atoms with Crippen LogP contribution in [0.1, 0.15) is 65.2 Å². The van der Waals surface area contributed by atoms with Crippen molar-refractivity contribution in [3.63, 3.8) is 0 Å². The van der Waals surface area contributed by atoms with Gasteiger partial charge in [0.05, 0.1) is 0 Å². The molecule has 1 saturated carbocycles. The van der Waals surface area contributed by atoms with Gasteiger partial charge in [0, 0.05) is 6.10 Å². The maximum absolute atomic E-state index is 5.25. The van der Waals surface area contributed by atoms with Crippen LogP contribution in [0.4, 0.5) is 0 Å². The van der Waals surface area contributed by atoms with Crippen LogP contribution in [0.2, 0.25) is 0 Å². The van der Waals surface area contributed by atoms with Crippen molar-refractivity contribution in [1.29, 1.82) is 0 Å². The Bertz CT molecular complexity index is 86.1. The largest absolute Gasteiger partial charge is 0.425 e. The molecule has 0 atom stereocenters. The van der Waals surface area contributed by atoms with E-state index in [4.69, 9.17) is 4.43 Å². The fourth-order valence-corrected chi connectivity index (χ4v) is 2.10. The van der Waals surface area contributed by atoms with Crippen molar-refractivity contribution in [2.75, 3.05) is 0 Å². The van der Waals surface area contributed by atoms with Crippen molar-refractivity contribution in [2.24, 2.45) is 0 Å². The molecule has 13 heavy (non-hydrogen) atoms. The maximum atomic E-state index is 5.25. The average molecular weight is 202 g/mol. The van der Waals surface area contributed by atoms with Crippen molar-refractivity contribution in [3.8, 4) is 0 Å². The highest BCUT2D eigenvalue weighted by Crippen LogP contribution is 2.19. The molecule has 0 spiro atoms. The van der Waals surface area contributed by atoms with Gasteiger partial charge in [-0.25, -0.2) is 0 Å². The standard InChI is InChI=1S/C6H14.C5H12OSi/c1-3-5-6-4-2;7-6-5-3-1-2-4-5/h3-6H2,1-2H3;5H,1-4H2,7H3. The summed E-state index contributed by atoms with van der Waals surface area (Å²) in [5.41, 5.74) is 0. The third kappa shape index (κ3) is 8.51. The molecule has 2 heteroatoms. The molecule has 0 aliphatic heterocycles. The fraction of sp³-hybridized carbons (Fsp3) is 1.00. The first-order chi connectivity index (χ1) is 6.35. The highest BCUT2D eigenvalue weighted by Gasteiger charge is 2.11. The molecule has 1 fully saturated rings. The van der Waals surface area contributed by atoms with Gasteiger partial charge in [-0.2, -0.15) is 0 Å². The molecule has 0 aromatic carbocycles. The molecule has 1 nitrogen and oxygen atoms in total. The molecular formula is C11H26OSi. The first-order valence-corrected chi connectivity index (χ1v) is 6.69. The van der Waals surface area contributed by atoms with Crippen molar-refractivity contribution in [3.05, 3.63) is 0 Å². The molecule has 0 radical (unpaired) electrons. The van der Waals surface area contributed by atoms with Crippen LogP contribution in [0.3, 0.4) is 0 Å². The Morgan fingerprint density at radius 2 is 1.54 bits per heavy atom. The zero-order valence-corrected chi connectivity index (χ0v) is 11.6. The first-order valence-electron chi connectivity index (χ1n) is 5.87. The second kappa shape index (κ2) is 10.3. The molecular weight excluding hydrogens is 176 g/mol. The third-order valence-corrected chi connectivity index (χ3v) is 3.26. The Morgan fingerprint density at radius 3 is 1.77 bits per heavy atom. The monoisotopic (exact) mass is 202 g/mol. The van der Waals surface area contributed by atoms with Crippen molar-refractivity contribution in [1.82, 2.24) is 0 Å². The van der Waals surface area contributed by atoms with Crippen molar-refractivity contribution < 1.29 is 4.43 Å². The van der Waals surface area contributed by atoms with Crippen LogP contribution in [0.15, 0.2) is 0 Å². The number of hydrogen-bond donors (Lipinski definition) is 0. The van der Waals surface area contributed by atoms with E-state index in [1.807, 2.05) is 0 Å². The van der Waals surface area contributed by atoms with Gasteiger partial charge in [0.25, 0.3) is 0 Å². The summed E-state index contributed by atoms with van der Waals surface area (Å²) in [5, 5.41) is 0. The Balaban J connectivity index is 0.000000226. The molecule has 0 aromatic heterocycles. The summed E-state index contributed by atoms with van der Waals surface area (Å²) in [5.74, 6) is 0. The minimum Gasteiger partial charge on any atom is -0.425 e. The predicted octanol–water partition coefficient (Wildman–Crippen LogP) is 2.81. The van der Waals surface area contributed by atoms with Gasteiger partial charge >= 0.3 is 0 Å². The zero-order chi connectivity index (χ0) is 9.94. The van der Waals surface area contributed by atoms with Crippen LogP contribution in [0.5, 0.6) is 0 Å². The van der Waals surface area contributed by atoms with Crippen LogP contribution in [-0.4, -0.2) is 16.6 Å². The van der Waals surface area contributed by atoms with Gasteiger partial charge in [0.1, 0.15) is 10.5 Å². The summed E-state index contributed by atoms with van der Waals surface area (Å²) < 4.78 is 5.25. The fourth-order valence-electron chi connectivity index (χ4n) is 1.62. The molecule has 80 valence electrons. The summed E-state index contributed by atoms with van der Waals surface area (Å²) in [6.45, 7) is 4.46. The van der Waals surface area contributed by atoms with Crippen LogP contribution in [-0.2, 0) is 4.43 Å². The average Bonchev–Trinajstić information content (AvgIpc) is 2.68. The summed E-state index contributed by atoms with van der Waals surface area (Å²) in [7, 11) is 0.932. The molecule has 1 aliphatic rings. The molecule has 0 saturated heterocycles. The van der Waals surface area contributed by atoms with Crippen LogP contribution in [0.25, 0.3) is 0 Å². The molecule has 0 unspecified atom stereocenters. The van der Waals surface area contributed by atoms with Gasteiger partial charge in [-0.05, 0) is 12.8 Å². The Morgan fingerprint density at radius 1 is 1.08 bits per heavy atom. The molecule has 0 bridgehead atoms. The van der Waals surface area contributed by atoms with Gasteiger partial charge < -0.3 is 4.43 Å². The van der Waals surface area contributed by atoms with E-state index < -0.39 is 0 Å². The van der Waals surface area contributed by atoms with Gasteiger partial charge in [-0.15, -0.1) is 0 Å². The van der Waals surface area contributed by atoms with E-state index in [1.165, 1.54) is 51.4 Å². The highest BCUT2D eigenvalue weighted by atomic mass is 28.2. The Hall–Kier alpha value is 0.177. The highest BCUT2D eigenvalue weighted by molar-refractivity contribution is 5.98. The molecule has 0 aromatic rings. The molecule has 1 rings (SSSR count). The molecule has 0 heterocycles. The van der Waals surface area contributed by atoms with Crippen LogP contribution in [0, 0.1) is 0 Å². The lowest BCUT2D eigenvalue weighted by atomic mass is 10.2. The maximum Gasteiger partial charge on any atom is 0.146 e. The number of rotatable bonds is 4. The molecule has 0 amide bonds. The smallest absolute Gasteiger partial charge is 0.146 e. The van der Waals surface area contributed by atoms with E-state index in [0.717, 1.165) is 10.5 Å². The lowest BCUT2D eigenvalue weighted by Crippen LogP contribution is -2.02. The van der Waals surface area contributed by atoms with Crippen molar-refractivity contribution >= 4 is 10.5 Å². The van der Waals surface area contributed by atoms with Gasteiger partial charge in [0.15, 0.2) is 0 Å². The summed E-state index contributed by atoms with van der Waals surface area (Å²) in [6.07, 6.45) is 11.6. The lowest BCUT2D eigenvalue weighted by Gasteiger charge is -2.03. The SMILES string of the molecule is CCCCCC.[SiH3]OC1CCCC1. The van der Waals surface area contributed by atoms with E-state index in [1.54, 1.807) is 0 Å². The summed E-state index contributed by atoms with van der Waals surface area (Å²) >= 11 is 0. The predicted molar refractivity (Wildman–Crippen MR) is 63.1 cm³/mol.